The Kier molecular flexibility index (Phi) is 5.08. The van der Waals surface area contributed by atoms with Gasteiger partial charge in [-0.3, -0.25) is 9.59 Å². The molecule has 0 spiro atoms. The molecule has 1 aliphatic rings. The summed E-state index contributed by atoms with van der Waals surface area (Å²) in [5.74, 6) is 1.30. The van der Waals surface area contributed by atoms with Crippen molar-refractivity contribution < 1.29 is 9.59 Å². The quantitative estimate of drug-likeness (QED) is 0.694. The van der Waals surface area contributed by atoms with Gasteiger partial charge in [0.2, 0.25) is 11.8 Å². The second-order valence-electron chi connectivity index (χ2n) is 4.11. The van der Waals surface area contributed by atoms with E-state index in [-0.39, 0.29) is 24.5 Å². The highest BCUT2D eigenvalue weighted by Crippen LogP contribution is 2.11. The molecule has 1 fully saturated rings. The molecule has 0 aromatic rings. The van der Waals surface area contributed by atoms with Gasteiger partial charge in [0.05, 0.1) is 12.6 Å². The first-order chi connectivity index (χ1) is 7.52. The zero-order chi connectivity index (χ0) is 12.1. The zero-order valence-electron chi connectivity index (χ0n) is 9.73. The lowest BCUT2D eigenvalue weighted by Gasteiger charge is -2.31. The lowest BCUT2D eigenvalue weighted by atomic mass is 10.2. The standard InChI is InChI=1S/C10H19N3O2S/c1-7(2)13(5-9(11)14)10(15)8-6-16-4-3-12-8/h7-8,12H,3-6H2,1-2H3,(H2,11,14). The van der Waals surface area contributed by atoms with E-state index in [0.29, 0.717) is 0 Å². The molecule has 2 amide bonds. The number of carbonyl (C=O) groups is 2. The average Bonchev–Trinajstić information content (AvgIpc) is 2.25. The maximum Gasteiger partial charge on any atom is 0.241 e. The Morgan fingerprint density at radius 3 is 2.69 bits per heavy atom. The molecule has 5 nitrogen and oxygen atoms in total. The van der Waals surface area contributed by atoms with Crippen molar-refractivity contribution in [3.63, 3.8) is 0 Å². The maximum absolute atomic E-state index is 12.1. The number of thioether (sulfide) groups is 1. The van der Waals surface area contributed by atoms with E-state index in [1.165, 1.54) is 4.90 Å². The van der Waals surface area contributed by atoms with E-state index in [1.54, 1.807) is 11.8 Å². The van der Waals surface area contributed by atoms with Gasteiger partial charge in [0.15, 0.2) is 0 Å². The third-order valence-corrected chi connectivity index (χ3v) is 3.51. The van der Waals surface area contributed by atoms with Crippen LogP contribution in [0.1, 0.15) is 13.8 Å². The Bertz CT molecular complexity index is 265. The minimum atomic E-state index is -0.467. The van der Waals surface area contributed by atoms with E-state index in [2.05, 4.69) is 5.32 Å². The average molecular weight is 245 g/mol. The third kappa shape index (κ3) is 3.68. The van der Waals surface area contributed by atoms with Crippen LogP contribution in [0.15, 0.2) is 0 Å². The first kappa shape index (κ1) is 13.3. The molecule has 0 aromatic heterocycles. The first-order valence-corrected chi connectivity index (χ1v) is 6.57. The monoisotopic (exact) mass is 245 g/mol. The number of nitrogens with one attached hydrogen (secondary N) is 1. The molecule has 0 aromatic carbocycles. The molecular formula is C10H19N3O2S. The molecule has 1 unspecified atom stereocenters. The van der Waals surface area contributed by atoms with Crippen molar-refractivity contribution >= 4 is 23.6 Å². The molecule has 0 saturated carbocycles. The molecule has 6 heteroatoms. The van der Waals surface area contributed by atoms with Crippen LogP contribution in [0.3, 0.4) is 0 Å². The van der Waals surface area contributed by atoms with Gasteiger partial charge in [-0.15, -0.1) is 0 Å². The zero-order valence-corrected chi connectivity index (χ0v) is 10.5. The van der Waals surface area contributed by atoms with Crippen molar-refractivity contribution in [2.24, 2.45) is 5.73 Å². The Labute approximate surface area is 100 Å². The second kappa shape index (κ2) is 6.10. The van der Waals surface area contributed by atoms with Crippen LogP contribution in [0, 0.1) is 0 Å². The van der Waals surface area contributed by atoms with E-state index >= 15 is 0 Å². The largest absolute Gasteiger partial charge is 0.368 e. The smallest absolute Gasteiger partial charge is 0.241 e. The summed E-state index contributed by atoms with van der Waals surface area (Å²) in [7, 11) is 0. The number of carbonyl (C=O) groups excluding carboxylic acids is 2. The van der Waals surface area contributed by atoms with E-state index in [1.807, 2.05) is 13.8 Å². The van der Waals surface area contributed by atoms with Crippen LogP contribution in [-0.2, 0) is 9.59 Å². The van der Waals surface area contributed by atoms with Crippen molar-refractivity contribution in [1.29, 1.82) is 0 Å². The topological polar surface area (TPSA) is 75.4 Å². The van der Waals surface area contributed by atoms with Crippen LogP contribution in [0.4, 0.5) is 0 Å². The van der Waals surface area contributed by atoms with Crippen LogP contribution in [0.5, 0.6) is 0 Å². The Balaban J connectivity index is 2.61. The predicted octanol–water partition coefficient (Wildman–Crippen LogP) is -0.586. The van der Waals surface area contributed by atoms with Crippen LogP contribution < -0.4 is 11.1 Å². The summed E-state index contributed by atoms with van der Waals surface area (Å²) in [6.45, 7) is 4.61. The SMILES string of the molecule is CC(C)N(CC(N)=O)C(=O)C1CSCCN1. The van der Waals surface area contributed by atoms with E-state index in [4.69, 9.17) is 5.73 Å². The van der Waals surface area contributed by atoms with Crippen molar-refractivity contribution in [3.05, 3.63) is 0 Å². The minimum absolute atomic E-state index is 0.000648. The molecule has 1 rings (SSSR count). The fourth-order valence-corrected chi connectivity index (χ4v) is 2.53. The molecule has 16 heavy (non-hydrogen) atoms. The van der Waals surface area contributed by atoms with Crippen molar-refractivity contribution in [2.45, 2.75) is 25.9 Å². The van der Waals surface area contributed by atoms with Gasteiger partial charge in [0.25, 0.3) is 0 Å². The van der Waals surface area contributed by atoms with Gasteiger partial charge in [0, 0.05) is 24.1 Å². The lowest BCUT2D eigenvalue weighted by molar-refractivity contribution is -0.138. The highest BCUT2D eigenvalue weighted by Gasteiger charge is 2.28. The fourth-order valence-electron chi connectivity index (χ4n) is 1.61. The summed E-state index contributed by atoms with van der Waals surface area (Å²) in [5, 5.41) is 3.16. The number of amides is 2. The van der Waals surface area contributed by atoms with E-state index < -0.39 is 5.91 Å². The number of primary amides is 1. The summed E-state index contributed by atoms with van der Waals surface area (Å²) in [6.07, 6.45) is 0. The Morgan fingerprint density at radius 2 is 2.25 bits per heavy atom. The van der Waals surface area contributed by atoms with Gasteiger partial charge >= 0.3 is 0 Å². The van der Waals surface area contributed by atoms with Crippen LogP contribution in [0.25, 0.3) is 0 Å². The maximum atomic E-state index is 12.1. The molecule has 1 saturated heterocycles. The molecule has 3 N–H and O–H groups in total. The highest BCUT2D eigenvalue weighted by atomic mass is 32.2. The lowest BCUT2D eigenvalue weighted by Crippen LogP contribution is -2.54. The van der Waals surface area contributed by atoms with E-state index in [9.17, 15) is 9.59 Å². The molecule has 0 aliphatic carbocycles. The molecule has 1 aliphatic heterocycles. The Morgan fingerprint density at radius 1 is 1.56 bits per heavy atom. The van der Waals surface area contributed by atoms with Crippen molar-refractivity contribution in [1.82, 2.24) is 10.2 Å². The van der Waals surface area contributed by atoms with Crippen LogP contribution in [-0.4, -0.2) is 53.4 Å². The summed E-state index contributed by atoms with van der Waals surface area (Å²) in [4.78, 5) is 24.6. The van der Waals surface area contributed by atoms with Crippen LogP contribution >= 0.6 is 11.8 Å². The number of hydrogen-bond donors (Lipinski definition) is 2. The predicted molar refractivity (Wildman–Crippen MR) is 65.2 cm³/mol. The number of nitrogens with zero attached hydrogens (tertiary/aromatic N) is 1. The van der Waals surface area contributed by atoms with Gasteiger partial charge in [-0.2, -0.15) is 11.8 Å². The normalized spacial score (nSPS) is 20.8. The molecule has 1 atom stereocenters. The first-order valence-electron chi connectivity index (χ1n) is 5.42. The third-order valence-electron chi connectivity index (χ3n) is 2.45. The molecule has 0 radical (unpaired) electrons. The van der Waals surface area contributed by atoms with Gasteiger partial charge in [-0.25, -0.2) is 0 Å². The second-order valence-corrected chi connectivity index (χ2v) is 5.26. The number of rotatable bonds is 4. The molecule has 0 bridgehead atoms. The van der Waals surface area contributed by atoms with Gasteiger partial charge < -0.3 is 16.0 Å². The minimum Gasteiger partial charge on any atom is -0.368 e. The highest BCUT2D eigenvalue weighted by molar-refractivity contribution is 7.99. The van der Waals surface area contributed by atoms with E-state index in [0.717, 1.165) is 18.1 Å². The fraction of sp³-hybridized carbons (Fsp3) is 0.800. The van der Waals surface area contributed by atoms with Crippen molar-refractivity contribution in [3.8, 4) is 0 Å². The number of nitrogens with two attached hydrogens (primary N) is 1. The summed E-state index contributed by atoms with van der Waals surface area (Å²) in [5.41, 5.74) is 5.14. The summed E-state index contributed by atoms with van der Waals surface area (Å²) >= 11 is 1.75. The number of hydrogen-bond acceptors (Lipinski definition) is 4. The van der Waals surface area contributed by atoms with Gasteiger partial charge in [0.1, 0.15) is 0 Å². The molecule has 1 heterocycles. The summed E-state index contributed by atoms with van der Waals surface area (Å²) < 4.78 is 0. The Hall–Kier alpha value is -0.750. The molecular weight excluding hydrogens is 226 g/mol. The van der Waals surface area contributed by atoms with Crippen molar-refractivity contribution in [2.75, 3.05) is 24.6 Å². The van der Waals surface area contributed by atoms with Gasteiger partial charge in [-0.1, -0.05) is 0 Å². The van der Waals surface area contributed by atoms with Crippen LogP contribution in [0.2, 0.25) is 0 Å². The molecule has 92 valence electrons. The van der Waals surface area contributed by atoms with Gasteiger partial charge in [-0.05, 0) is 13.8 Å². The summed E-state index contributed by atoms with van der Waals surface area (Å²) in [6, 6.07) is -0.186.